The summed E-state index contributed by atoms with van der Waals surface area (Å²) in [5.41, 5.74) is -0.776. The number of carbonyl (C=O) groups is 1. The third-order valence-corrected chi connectivity index (χ3v) is 3.82. The molecular weight excluding hydrogens is 299 g/mol. The van der Waals surface area contributed by atoms with Crippen LogP contribution in [-0.2, 0) is 11.0 Å². The molecule has 1 aliphatic heterocycles. The lowest BCUT2D eigenvalue weighted by molar-refractivity contribution is -0.140. The van der Waals surface area contributed by atoms with Crippen molar-refractivity contribution in [3.63, 3.8) is 0 Å². The van der Waals surface area contributed by atoms with E-state index in [0.717, 1.165) is 12.3 Å². The summed E-state index contributed by atoms with van der Waals surface area (Å²) in [7, 11) is 0. The highest BCUT2D eigenvalue weighted by Crippen LogP contribution is 2.30. The van der Waals surface area contributed by atoms with Gasteiger partial charge in [0, 0.05) is 31.4 Å². The van der Waals surface area contributed by atoms with Crippen molar-refractivity contribution in [2.45, 2.75) is 32.1 Å². The van der Waals surface area contributed by atoms with E-state index >= 15 is 0 Å². The monoisotopic (exact) mass is 317 g/mol. The topological polar surface area (TPSA) is 56.7 Å². The van der Waals surface area contributed by atoms with Crippen LogP contribution in [0, 0.1) is 0 Å². The third-order valence-electron chi connectivity index (χ3n) is 3.82. The Morgan fingerprint density at radius 1 is 1.32 bits per heavy atom. The number of anilines is 1. The first-order valence-electron chi connectivity index (χ1n) is 6.94. The van der Waals surface area contributed by atoms with E-state index < -0.39 is 17.7 Å². The minimum atomic E-state index is -4.40. The molecule has 0 aromatic carbocycles. The molecule has 2 rings (SSSR count). The normalized spacial score (nSPS) is 23.6. The number of carboxylic acid groups (broad SMARTS) is 1. The van der Waals surface area contributed by atoms with E-state index in [2.05, 4.69) is 4.98 Å². The van der Waals surface area contributed by atoms with Gasteiger partial charge in [0.05, 0.1) is 12.1 Å². The van der Waals surface area contributed by atoms with Crippen LogP contribution in [0.25, 0.3) is 0 Å². The van der Waals surface area contributed by atoms with Crippen molar-refractivity contribution in [2.75, 3.05) is 24.5 Å². The standard InChI is InChI=1S/C14H18F3N3O2/c1-9-6-19(7-10(2)20(9)8-13(21)22)12-4-3-11(5-18-12)14(15,16)17/h3-5,9-10H,6-8H2,1-2H3,(H,21,22)/t9-,10-/m0/s1. The van der Waals surface area contributed by atoms with Crippen molar-refractivity contribution in [2.24, 2.45) is 0 Å². The second-order valence-corrected chi connectivity index (χ2v) is 5.57. The first-order valence-corrected chi connectivity index (χ1v) is 6.94. The molecule has 5 nitrogen and oxygen atoms in total. The maximum absolute atomic E-state index is 12.5. The Balaban J connectivity index is 2.10. The summed E-state index contributed by atoms with van der Waals surface area (Å²) in [6.45, 7) is 4.80. The zero-order chi connectivity index (χ0) is 16.5. The SMILES string of the molecule is C[C@H]1CN(c2ccc(C(F)(F)F)cn2)C[C@H](C)N1CC(=O)O. The smallest absolute Gasteiger partial charge is 0.417 e. The van der Waals surface area contributed by atoms with Gasteiger partial charge < -0.3 is 10.0 Å². The van der Waals surface area contributed by atoms with Crippen molar-refractivity contribution < 1.29 is 23.1 Å². The molecule has 0 bridgehead atoms. The molecule has 2 heterocycles. The molecule has 22 heavy (non-hydrogen) atoms. The fraction of sp³-hybridized carbons (Fsp3) is 0.571. The summed E-state index contributed by atoms with van der Waals surface area (Å²) < 4.78 is 37.6. The van der Waals surface area contributed by atoms with Gasteiger partial charge in [-0.15, -0.1) is 0 Å². The minimum absolute atomic E-state index is 0.0241. The molecule has 0 unspecified atom stereocenters. The van der Waals surface area contributed by atoms with Gasteiger partial charge in [0.15, 0.2) is 0 Å². The van der Waals surface area contributed by atoms with Crippen LogP contribution in [0.5, 0.6) is 0 Å². The number of halogens is 3. The number of hydrogen-bond acceptors (Lipinski definition) is 4. The van der Waals surface area contributed by atoms with E-state index in [1.807, 2.05) is 23.6 Å². The molecule has 2 atom stereocenters. The largest absolute Gasteiger partial charge is 0.480 e. The van der Waals surface area contributed by atoms with Gasteiger partial charge in [-0.2, -0.15) is 13.2 Å². The molecule has 1 aliphatic rings. The number of hydrogen-bond donors (Lipinski definition) is 1. The number of aliphatic carboxylic acids is 1. The van der Waals surface area contributed by atoms with E-state index in [1.165, 1.54) is 6.07 Å². The molecule has 0 radical (unpaired) electrons. The summed E-state index contributed by atoms with van der Waals surface area (Å²) in [6.07, 6.45) is -3.57. The zero-order valence-corrected chi connectivity index (χ0v) is 12.3. The number of piperazine rings is 1. The Kier molecular flexibility index (Phi) is 4.60. The molecule has 1 aromatic rings. The van der Waals surface area contributed by atoms with Crippen LogP contribution >= 0.6 is 0 Å². The van der Waals surface area contributed by atoms with Crippen LogP contribution in [0.2, 0.25) is 0 Å². The summed E-state index contributed by atoms with van der Waals surface area (Å²) >= 11 is 0. The first-order chi connectivity index (χ1) is 10.2. The number of pyridine rings is 1. The van der Waals surface area contributed by atoms with Gasteiger partial charge in [0.2, 0.25) is 0 Å². The predicted molar refractivity (Wildman–Crippen MR) is 74.7 cm³/mol. The van der Waals surface area contributed by atoms with Gasteiger partial charge in [0.25, 0.3) is 0 Å². The predicted octanol–water partition coefficient (Wildman–Crippen LogP) is 2.08. The molecule has 1 N–H and O–H groups in total. The van der Waals surface area contributed by atoms with Crippen molar-refractivity contribution >= 4 is 11.8 Å². The molecule has 1 saturated heterocycles. The number of alkyl halides is 3. The van der Waals surface area contributed by atoms with Gasteiger partial charge >= 0.3 is 12.1 Å². The van der Waals surface area contributed by atoms with E-state index in [4.69, 9.17) is 5.11 Å². The maximum atomic E-state index is 12.5. The highest BCUT2D eigenvalue weighted by atomic mass is 19.4. The molecule has 0 spiro atoms. The summed E-state index contributed by atoms with van der Waals surface area (Å²) in [5.74, 6) is -0.415. The van der Waals surface area contributed by atoms with Crippen molar-refractivity contribution in [3.05, 3.63) is 23.9 Å². The lowest BCUT2D eigenvalue weighted by Crippen LogP contribution is -2.58. The van der Waals surface area contributed by atoms with Gasteiger partial charge in [-0.05, 0) is 26.0 Å². The summed E-state index contributed by atoms with van der Waals surface area (Å²) in [5, 5.41) is 8.92. The fourth-order valence-corrected chi connectivity index (χ4v) is 2.75. The molecule has 8 heteroatoms. The second-order valence-electron chi connectivity index (χ2n) is 5.57. The van der Waals surface area contributed by atoms with Crippen LogP contribution in [0.3, 0.4) is 0 Å². The first kappa shape index (κ1) is 16.5. The van der Waals surface area contributed by atoms with Crippen LogP contribution in [-0.4, -0.2) is 52.7 Å². The van der Waals surface area contributed by atoms with Crippen molar-refractivity contribution in [1.82, 2.24) is 9.88 Å². The van der Waals surface area contributed by atoms with Crippen LogP contribution < -0.4 is 4.90 Å². The van der Waals surface area contributed by atoms with E-state index in [0.29, 0.717) is 18.9 Å². The minimum Gasteiger partial charge on any atom is -0.480 e. The molecule has 1 fully saturated rings. The Hall–Kier alpha value is -1.83. The number of aromatic nitrogens is 1. The third kappa shape index (κ3) is 3.68. The average molecular weight is 317 g/mol. The fourth-order valence-electron chi connectivity index (χ4n) is 2.75. The molecular formula is C14H18F3N3O2. The quantitative estimate of drug-likeness (QED) is 0.925. The highest BCUT2D eigenvalue weighted by Gasteiger charge is 2.33. The van der Waals surface area contributed by atoms with Crippen LogP contribution in [0.4, 0.5) is 19.0 Å². The van der Waals surface area contributed by atoms with Crippen LogP contribution in [0.15, 0.2) is 18.3 Å². The Morgan fingerprint density at radius 2 is 1.91 bits per heavy atom. The van der Waals surface area contributed by atoms with Gasteiger partial charge in [-0.3, -0.25) is 9.69 Å². The van der Waals surface area contributed by atoms with E-state index in [-0.39, 0.29) is 18.6 Å². The number of nitrogens with zero attached hydrogens (tertiary/aromatic N) is 3. The Morgan fingerprint density at radius 3 is 2.32 bits per heavy atom. The van der Waals surface area contributed by atoms with E-state index in [9.17, 15) is 18.0 Å². The van der Waals surface area contributed by atoms with E-state index in [1.54, 1.807) is 0 Å². The van der Waals surface area contributed by atoms with Crippen molar-refractivity contribution in [3.8, 4) is 0 Å². The van der Waals surface area contributed by atoms with Gasteiger partial charge in [0.1, 0.15) is 5.82 Å². The maximum Gasteiger partial charge on any atom is 0.417 e. The van der Waals surface area contributed by atoms with Gasteiger partial charge in [-0.25, -0.2) is 4.98 Å². The molecule has 1 aromatic heterocycles. The molecule has 122 valence electrons. The molecule has 0 amide bonds. The molecule has 0 aliphatic carbocycles. The average Bonchev–Trinajstić information content (AvgIpc) is 2.41. The Bertz CT molecular complexity index is 521. The Labute approximate surface area is 126 Å². The van der Waals surface area contributed by atoms with Crippen LogP contribution in [0.1, 0.15) is 19.4 Å². The lowest BCUT2D eigenvalue weighted by Gasteiger charge is -2.44. The zero-order valence-electron chi connectivity index (χ0n) is 12.3. The van der Waals surface area contributed by atoms with Gasteiger partial charge in [-0.1, -0.05) is 0 Å². The van der Waals surface area contributed by atoms with Crippen molar-refractivity contribution in [1.29, 1.82) is 0 Å². The number of carboxylic acids is 1. The highest BCUT2D eigenvalue weighted by molar-refractivity contribution is 5.69. The number of rotatable bonds is 3. The molecule has 0 saturated carbocycles. The summed E-state index contributed by atoms with van der Waals surface area (Å²) in [6, 6.07) is 2.32. The summed E-state index contributed by atoms with van der Waals surface area (Å²) in [4.78, 5) is 18.5. The second kappa shape index (κ2) is 6.12. The lowest BCUT2D eigenvalue weighted by atomic mass is 10.1.